The van der Waals surface area contributed by atoms with Crippen LogP contribution in [0.15, 0.2) is 0 Å². The van der Waals surface area contributed by atoms with E-state index in [1.165, 1.54) is 7.11 Å². The topological polar surface area (TPSA) is 52.6 Å². The van der Waals surface area contributed by atoms with Gasteiger partial charge in [0.25, 0.3) is 0 Å². The molecular formula is C10H18O4S. The molecule has 0 saturated carbocycles. The van der Waals surface area contributed by atoms with Crippen LogP contribution in [-0.4, -0.2) is 41.0 Å². The maximum atomic E-state index is 11.9. The average molecular weight is 234 g/mol. The van der Waals surface area contributed by atoms with Crippen molar-refractivity contribution < 1.29 is 18.5 Å². The van der Waals surface area contributed by atoms with Gasteiger partial charge >= 0.3 is 5.97 Å². The number of rotatable bonds is 4. The van der Waals surface area contributed by atoms with Crippen LogP contribution in [-0.2, 0) is 25.1 Å². The lowest BCUT2D eigenvalue weighted by Gasteiger charge is -2.15. The Labute approximate surface area is 92.8 Å². The summed E-state index contributed by atoms with van der Waals surface area (Å²) in [6.45, 7) is 4.34. The minimum absolute atomic E-state index is 0.0377. The number of hydrogen-bond acceptors (Lipinski definition) is 4. The van der Waals surface area contributed by atoms with Crippen LogP contribution in [0.1, 0.15) is 20.3 Å². The average Bonchev–Trinajstić information content (AvgIpc) is 2.63. The molecule has 1 aliphatic rings. The van der Waals surface area contributed by atoms with Crippen LogP contribution in [0.4, 0.5) is 0 Å². The molecule has 4 nitrogen and oxygen atoms in total. The third-order valence-electron chi connectivity index (χ3n) is 2.66. The first kappa shape index (κ1) is 12.6. The monoisotopic (exact) mass is 234 g/mol. The second kappa shape index (κ2) is 5.61. The first-order valence-corrected chi connectivity index (χ1v) is 6.51. The molecule has 1 rings (SSSR count). The smallest absolute Gasteiger partial charge is 0.309 e. The number of esters is 1. The largest absolute Gasteiger partial charge is 0.469 e. The zero-order chi connectivity index (χ0) is 11.4. The molecule has 0 aliphatic carbocycles. The van der Waals surface area contributed by atoms with Crippen LogP contribution in [0.25, 0.3) is 0 Å². The molecule has 5 heteroatoms. The van der Waals surface area contributed by atoms with E-state index < -0.39 is 10.8 Å². The zero-order valence-electron chi connectivity index (χ0n) is 9.39. The number of methoxy groups -OCH3 is 1. The highest BCUT2D eigenvalue weighted by Gasteiger charge is 2.31. The molecule has 1 fully saturated rings. The third kappa shape index (κ3) is 3.28. The first-order valence-electron chi connectivity index (χ1n) is 5.13. The van der Waals surface area contributed by atoms with Crippen molar-refractivity contribution in [2.45, 2.75) is 31.6 Å². The van der Waals surface area contributed by atoms with Crippen molar-refractivity contribution in [2.75, 3.05) is 19.5 Å². The summed E-state index contributed by atoms with van der Waals surface area (Å²) in [5.74, 6) is -0.232. The van der Waals surface area contributed by atoms with Gasteiger partial charge in [0.05, 0.1) is 24.4 Å². The fourth-order valence-electron chi connectivity index (χ4n) is 1.70. The summed E-state index contributed by atoms with van der Waals surface area (Å²) >= 11 is 0. The van der Waals surface area contributed by atoms with E-state index >= 15 is 0 Å². The van der Waals surface area contributed by atoms with Gasteiger partial charge in [-0.25, -0.2) is 0 Å². The normalized spacial score (nSPS) is 29.8. The summed E-state index contributed by atoms with van der Waals surface area (Å²) in [5, 5.41) is 0.0668. The molecule has 0 aromatic carbocycles. The van der Waals surface area contributed by atoms with Gasteiger partial charge in [0.1, 0.15) is 0 Å². The van der Waals surface area contributed by atoms with Crippen LogP contribution in [0.2, 0.25) is 0 Å². The lowest BCUT2D eigenvalue weighted by Crippen LogP contribution is -2.29. The summed E-state index contributed by atoms with van der Waals surface area (Å²) in [7, 11) is 0.347. The van der Waals surface area contributed by atoms with Gasteiger partial charge in [-0.2, -0.15) is 0 Å². The molecule has 0 bridgehead atoms. The Bertz CT molecular complexity index is 254. The summed E-state index contributed by atoms with van der Waals surface area (Å²) in [4.78, 5) is 11.2. The van der Waals surface area contributed by atoms with Crippen molar-refractivity contribution in [1.82, 2.24) is 0 Å². The van der Waals surface area contributed by atoms with E-state index in [9.17, 15) is 9.00 Å². The van der Waals surface area contributed by atoms with Gasteiger partial charge in [-0.15, -0.1) is 0 Å². The molecule has 1 saturated heterocycles. The van der Waals surface area contributed by atoms with Gasteiger partial charge in [-0.3, -0.25) is 9.00 Å². The molecule has 0 amide bonds. The lowest BCUT2D eigenvalue weighted by atomic mass is 10.2. The molecule has 0 aromatic heterocycles. The van der Waals surface area contributed by atoms with Crippen LogP contribution >= 0.6 is 0 Å². The van der Waals surface area contributed by atoms with Crippen molar-refractivity contribution in [3.8, 4) is 0 Å². The number of carbonyl (C=O) groups is 1. The van der Waals surface area contributed by atoms with E-state index in [1.807, 2.05) is 6.92 Å². The predicted molar refractivity (Wildman–Crippen MR) is 58.0 cm³/mol. The van der Waals surface area contributed by atoms with Crippen LogP contribution in [0, 0.1) is 5.92 Å². The van der Waals surface area contributed by atoms with Crippen molar-refractivity contribution in [3.63, 3.8) is 0 Å². The quantitative estimate of drug-likeness (QED) is 0.673. The van der Waals surface area contributed by atoms with E-state index in [4.69, 9.17) is 4.74 Å². The molecule has 4 atom stereocenters. The standard InChI is InChI=1S/C10H18O4S/c1-7(10(11)13-3)6-15(12)9-4-5-14-8(9)2/h7-9H,4-6H2,1-3H3. The lowest BCUT2D eigenvalue weighted by molar-refractivity contribution is -0.144. The van der Waals surface area contributed by atoms with Gasteiger partial charge in [0.2, 0.25) is 0 Å². The van der Waals surface area contributed by atoms with Crippen molar-refractivity contribution in [1.29, 1.82) is 0 Å². The van der Waals surface area contributed by atoms with Crippen molar-refractivity contribution in [2.24, 2.45) is 5.92 Å². The Hall–Kier alpha value is -0.420. The van der Waals surface area contributed by atoms with Crippen LogP contribution in [0.3, 0.4) is 0 Å². The predicted octanol–water partition coefficient (Wildman–Crippen LogP) is 0.722. The Morgan fingerprint density at radius 3 is 2.80 bits per heavy atom. The molecule has 0 N–H and O–H groups in total. The maximum Gasteiger partial charge on any atom is 0.309 e. The van der Waals surface area contributed by atoms with E-state index in [1.54, 1.807) is 6.92 Å². The van der Waals surface area contributed by atoms with Crippen LogP contribution in [0.5, 0.6) is 0 Å². The molecule has 1 aliphatic heterocycles. The molecule has 0 aromatic rings. The van der Waals surface area contributed by atoms with Gasteiger partial charge in [-0.1, -0.05) is 6.92 Å². The Morgan fingerprint density at radius 1 is 1.67 bits per heavy atom. The SMILES string of the molecule is COC(=O)C(C)CS(=O)C1CCOC1C. The van der Waals surface area contributed by atoms with Gasteiger partial charge in [0, 0.05) is 23.2 Å². The molecule has 0 radical (unpaired) electrons. The summed E-state index contributed by atoms with van der Waals surface area (Å²) in [6, 6.07) is 0. The summed E-state index contributed by atoms with van der Waals surface area (Å²) < 4.78 is 21.9. The molecule has 0 spiro atoms. The molecule has 15 heavy (non-hydrogen) atoms. The fraction of sp³-hybridized carbons (Fsp3) is 0.900. The van der Waals surface area contributed by atoms with Crippen molar-refractivity contribution >= 4 is 16.8 Å². The maximum absolute atomic E-state index is 11.9. The molecule has 4 unspecified atom stereocenters. The second-order valence-electron chi connectivity index (χ2n) is 3.87. The van der Waals surface area contributed by atoms with Gasteiger partial charge in [0.15, 0.2) is 0 Å². The second-order valence-corrected chi connectivity index (χ2v) is 5.57. The van der Waals surface area contributed by atoms with E-state index in [-0.39, 0.29) is 23.2 Å². The van der Waals surface area contributed by atoms with E-state index in [2.05, 4.69) is 4.74 Å². The molecule has 88 valence electrons. The third-order valence-corrected chi connectivity index (χ3v) is 4.79. The zero-order valence-corrected chi connectivity index (χ0v) is 10.2. The summed E-state index contributed by atoms with van der Waals surface area (Å²) in [6.07, 6.45) is 0.859. The Morgan fingerprint density at radius 2 is 2.33 bits per heavy atom. The van der Waals surface area contributed by atoms with Crippen molar-refractivity contribution in [3.05, 3.63) is 0 Å². The molecule has 1 heterocycles. The number of hydrogen-bond donors (Lipinski definition) is 0. The first-order chi connectivity index (χ1) is 7.06. The highest BCUT2D eigenvalue weighted by atomic mass is 32.2. The van der Waals surface area contributed by atoms with Crippen LogP contribution < -0.4 is 0 Å². The highest BCUT2D eigenvalue weighted by molar-refractivity contribution is 7.85. The fourth-order valence-corrected chi connectivity index (χ4v) is 3.44. The molecular weight excluding hydrogens is 216 g/mol. The van der Waals surface area contributed by atoms with Gasteiger partial charge in [-0.05, 0) is 13.3 Å². The Balaban J connectivity index is 2.44. The van der Waals surface area contributed by atoms with Gasteiger partial charge < -0.3 is 9.47 Å². The Kier molecular flexibility index (Phi) is 4.73. The highest BCUT2D eigenvalue weighted by Crippen LogP contribution is 2.20. The summed E-state index contributed by atoms with van der Waals surface area (Å²) in [5.41, 5.74) is 0. The number of ether oxygens (including phenoxy) is 2. The van der Waals surface area contributed by atoms with E-state index in [0.29, 0.717) is 12.4 Å². The minimum atomic E-state index is -1.00. The number of carbonyl (C=O) groups excluding carboxylic acids is 1. The minimum Gasteiger partial charge on any atom is -0.469 e. The van der Waals surface area contributed by atoms with E-state index in [0.717, 1.165) is 6.42 Å².